The fraction of sp³-hybridized carbons (Fsp3) is 0.250. The molecule has 2 aromatic rings. The number of nitrogens with two attached hydrogens (primary N) is 1. The molecule has 15 heavy (non-hydrogen) atoms. The lowest BCUT2D eigenvalue weighted by atomic mass is 10.1. The highest BCUT2D eigenvalue weighted by Crippen LogP contribution is 2.25. The standard InChI is InChI=1S/C12H14N2O/c1-8(13)10-7-9-5-3-4-6-11(9)14-12(10)15-2/h3-8H,13H2,1-2H3/t8-/m0/s1. The van der Waals surface area contributed by atoms with E-state index in [1.165, 1.54) is 0 Å². The summed E-state index contributed by atoms with van der Waals surface area (Å²) in [6.07, 6.45) is 0. The van der Waals surface area contributed by atoms with Gasteiger partial charge in [0.1, 0.15) is 0 Å². The van der Waals surface area contributed by atoms with E-state index < -0.39 is 0 Å². The number of pyridine rings is 1. The molecule has 0 fully saturated rings. The van der Waals surface area contributed by atoms with E-state index in [1.54, 1.807) is 7.11 Å². The molecule has 0 aliphatic carbocycles. The van der Waals surface area contributed by atoms with Gasteiger partial charge < -0.3 is 10.5 Å². The first-order chi connectivity index (χ1) is 7.22. The number of methoxy groups -OCH3 is 1. The van der Waals surface area contributed by atoms with Crippen molar-refractivity contribution in [2.75, 3.05) is 7.11 Å². The predicted molar refractivity (Wildman–Crippen MR) is 60.9 cm³/mol. The molecule has 0 saturated heterocycles. The average Bonchev–Trinajstić information content (AvgIpc) is 2.27. The molecule has 0 aliphatic heterocycles. The Morgan fingerprint density at radius 1 is 1.33 bits per heavy atom. The maximum atomic E-state index is 5.86. The Bertz CT molecular complexity index is 480. The monoisotopic (exact) mass is 202 g/mol. The van der Waals surface area contributed by atoms with Crippen LogP contribution >= 0.6 is 0 Å². The molecule has 78 valence electrons. The summed E-state index contributed by atoms with van der Waals surface area (Å²) in [5.74, 6) is 0.615. The van der Waals surface area contributed by atoms with Crippen LogP contribution in [0.5, 0.6) is 5.88 Å². The Labute approximate surface area is 88.9 Å². The Morgan fingerprint density at radius 2 is 2.07 bits per heavy atom. The van der Waals surface area contributed by atoms with Gasteiger partial charge in [0.15, 0.2) is 0 Å². The SMILES string of the molecule is COc1nc2ccccc2cc1[C@H](C)N. The van der Waals surface area contributed by atoms with Gasteiger partial charge in [-0.15, -0.1) is 0 Å². The van der Waals surface area contributed by atoms with E-state index in [2.05, 4.69) is 4.98 Å². The smallest absolute Gasteiger partial charge is 0.218 e. The molecule has 1 heterocycles. The number of para-hydroxylation sites is 1. The van der Waals surface area contributed by atoms with Crippen molar-refractivity contribution >= 4 is 10.9 Å². The third kappa shape index (κ3) is 1.78. The van der Waals surface area contributed by atoms with Crippen molar-refractivity contribution in [2.45, 2.75) is 13.0 Å². The first-order valence-corrected chi connectivity index (χ1v) is 4.91. The van der Waals surface area contributed by atoms with Crippen molar-refractivity contribution in [1.29, 1.82) is 0 Å². The van der Waals surface area contributed by atoms with Crippen LogP contribution in [0.1, 0.15) is 18.5 Å². The normalized spacial score (nSPS) is 12.7. The highest BCUT2D eigenvalue weighted by atomic mass is 16.5. The zero-order valence-corrected chi connectivity index (χ0v) is 8.90. The van der Waals surface area contributed by atoms with Crippen LogP contribution in [0.3, 0.4) is 0 Å². The third-order valence-electron chi connectivity index (χ3n) is 2.40. The molecule has 2 rings (SSSR count). The zero-order valence-electron chi connectivity index (χ0n) is 8.90. The quantitative estimate of drug-likeness (QED) is 0.812. The summed E-state index contributed by atoms with van der Waals surface area (Å²) in [5.41, 5.74) is 7.73. The lowest BCUT2D eigenvalue weighted by Crippen LogP contribution is -2.08. The minimum atomic E-state index is -0.0722. The molecule has 0 bridgehead atoms. The Balaban J connectivity index is 2.69. The van der Waals surface area contributed by atoms with Gasteiger partial charge in [0.05, 0.1) is 12.6 Å². The van der Waals surface area contributed by atoms with Gasteiger partial charge in [-0.05, 0) is 19.1 Å². The van der Waals surface area contributed by atoms with E-state index in [0.29, 0.717) is 5.88 Å². The molecule has 1 aromatic carbocycles. The number of nitrogens with zero attached hydrogens (tertiary/aromatic N) is 1. The van der Waals surface area contributed by atoms with E-state index in [4.69, 9.17) is 10.5 Å². The second-order valence-electron chi connectivity index (χ2n) is 3.57. The first kappa shape index (κ1) is 9.93. The molecular formula is C12H14N2O. The topological polar surface area (TPSA) is 48.1 Å². The summed E-state index contributed by atoms with van der Waals surface area (Å²) in [7, 11) is 1.61. The van der Waals surface area contributed by atoms with Crippen molar-refractivity contribution in [1.82, 2.24) is 4.98 Å². The molecule has 2 N–H and O–H groups in total. The number of ether oxygens (including phenoxy) is 1. The van der Waals surface area contributed by atoms with Gasteiger partial charge in [0.2, 0.25) is 5.88 Å². The molecule has 0 unspecified atom stereocenters. The minimum Gasteiger partial charge on any atom is -0.481 e. The fourth-order valence-electron chi connectivity index (χ4n) is 1.60. The zero-order chi connectivity index (χ0) is 10.8. The van der Waals surface area contributed by atoms with Crippen molar-refractivity contribution in [3.8, 4) is 5.88 Å². The van der Waals surface area contributed by atoms with Crippen LogP contribution in [0.15, 0.2) is 30.3 Å². The summed E-state index contributed by atoms with van der Waals surface area (Å²) in [5, 5.41) is 1.09. The number of rotatable bonds is 2. The van der Waals surface area contributed by atoms with Crippen LogP contribution < -0.4 is 10.5 Å². The lowest BCUT2D eigenvalue weighted by molar-refractivity contribution is 0.391. The number of aromatic nitrogens is 1. The summed E-state index contributed by atoms with van der Waals surface area (Å²) in [4.78, 5) is 4.41. The molecular weight excluding hydrogens is 188 g/mol. The Morgan fingerprint density at radius 3 is 2.73 bits per heavy atom. The van der Waals surface area contributed by atoms with Crippen LogP contribution in [0.25, 0.3) is 10.9 Å². The van der Waals surface area contributed by atoms with Crippen molar-refractivity contribution in [3.05, 3.63) is 35.9 Å². The molecule has 0 radical (unpaired) electrons. The molecule has 1 aromatic heterocycles. The van der Waals surface area contributed by atoms with Gasteiger partial charge in [-0.3, -0.25) is 0 Å². The summed E-state index contributed by atoms with van der Waals surface area (Å²) >= 11 is 0. The largest absolute Gasteiger partial charge is 0.481 e. The Kier molecular flexibility index (Phi) is 2.56. The highest BCUT2D eigenvalue weighted by Gasteiger charge is 2.10. The van der Waals surface area contributed by atoms with Gasteiger partial charge in [0, 0.05) is 17.0 Å². The predicted octanol–water partition coefficient (Wildman–Crippen LogP) is 2.26. The van der Waals surface area contributed by atoms with Crippen LogP contribution in [-0.2, 0) is 0 Å². The molecule has 0 spiro atoms. The van der Waals surface area contributed by atoms with Crippen LogP contribution in [-0.4, -0.2) is 12.1 Å². The van der Waals surface area contributed by atoms with Crippen LogP contribution in [0.4, 0.5) is 0 Å². The number of hydrogen-bond donors (Lipinski definition) is 1. The molecule has 3 heteroatoms. The van der Waals surface area contributed by atoms with Crippen molar-refractivity contribution in [3.63, 3.8) is 0 Å². The minimum absolute atomic E-state index is 0.0722. The van der Waals surface area contributed by atoms with Crippen molar-refractivity contribution in [2.24, 2.45) is 5.73 Å². The third-order valence-corrected chi connectivity index (χ3v) is 2.40. The van der Waals surface area contributed by atoms with Crippen LogP contribution in [0.2, 0.25) is 0 Å². The molecule has 1 atom stereocenters. The van der Waals surface area contributed by atoms with E-state index in [9.17, 15) is 0 Å². The Hall–Kier alpha value is -1.61. The second kappa shape index (κ2) is 3.87. The molecule has 0 aliphatic rings. The maximum Gasteiger partial charge on any atom is 0.218 e. The first-order valence-electron chi connectivity index (χ1n) is 4.91. The van der Waals surface area contributed by atoms with E-state index in [0.717, 1.165) is 16.5 Å². The van der Waals surface area contributed by atoms with Gasteiger partial charge in [0.25, 0.3) is 0 Å². The van der Waals surface area contributed by atoms with Crippen LogP contribution in [0, 0.1) is 0 Å². The molecule has 0 saturated carbocycles. The lowest BCUT2D eigenvalue weighted by Gasteiger charge is -2.11. The summed E-state index contributed by atoms with van der Waals surface area (Å²) in [6, 6.07) is 9.89. The molecule has 3 nitrogen and oxygen atoms in total. The summed E-state index contributed by atoms with van der Waals surface area (Å²) < 4.78 is 5.22. The summed E-state index contributed by atoms with van der Waals surface area (Å²) in [6.45, 7) is 1.92. The van der Waals surface area contributed by atoms with Gasteiger partial charge in [-0.2, -0.15) is 0 Å². The number of benzene rings is 1. The fourth-order valence-corrected chi connectivity index (χ4v) is 1.60. The average molecular weight is 202 g/mol. The number of fused-ring (bicyclic) bond motifs is 1. The second-order valence-corrected chi connectivity index (χ2v) is 3.57. The van der Waals surface area contributed by atoms with Gasteiger partial charge >= 0.3 is 0 Å². The number of hydrogen-bond acceptors (Lipinski definition) is 3. The van der Waals surface area contributed by atoms with E-state index in [1.807, 2.05) is 37.3 Å². The van der Waals surface area contributed by atoms with E-state index >= 15 is 0 Å². The van der Waals surface area contributed by atoms with Gasteiger partial charge in [-0.25, -0.2) is 4.98 Å². The van der Waals surface area contributed by atoms with Crippen molar-refractivity contribution < 1.29 is 4.74 Å². The maximum absolute atomic E-state index is 5.86. The molecule has 0 amide bonds. The van der Waals surface area contributed by atoms with E-state index in [-0.39, 0.29) is 6.04 Å². The highest BCUT2D eigenvalue weighted by molar-refractivity contribution is 5.80. The van der Waals surface area contributed by atoms with Gasteiger partial charge in [-0.1, -0.05) is 18.2 Å².